The predicted molar refractivity (Wildman–Crippen MR) is 86.9 cm³/mol. The van der Waals surface area contributed by atoms with Gasteiger partial charge in [0.15, 0.2) is 0 Å². The summed E-state index contributed by atoms with van der Waals surface area (Å²) in [6.45, 7) is 3.17. The van der Waals surface area contributed by atoms with Crippen LogP contribution in [0.1, 0.15) is 36.5 Å². The van der Waals surface area contributed by atoms with Gasteiger partial charge in [-0.05, 0) is 37.1 Å². The molecule has 120 valence electrons. The van der Waals surface area contributed by atoms with E-state index in [9.17, 15) is 9.59 Å². The molecule has 3 N–H and O–H groups in total. The number of nitrogens with zero attached hydrogens (tertiary/aromatic N) is 2. The molecule has 3 amide bonds. The first-order valence-corrected chi connectivity index (χ1v) is 8.53. The molecule has 1 atom stereocenters. The van der Waals surface area contributed by atoms with E-state index in [0.717, 1.165) is 30.0 Å². The van der Waals surface area contributed by atoms with E-state index in [0.29, 0.717) is 18.7 Å². The molecule has 1 unspecified atom stereocenters. The second-order valence-corrected chi connectivity index (χ2v) is 6.50. The Hall–Kier alpha value is -1.76. The lowest BCUT2D eigenvalue weighted by atomic mass is 10.0. The normalized spacial score (nSPS) is 18.0. The van der Waals surface area contributed by atoms with E-state index in [1.54, 1.807) is 18.0 Å². The summed E-state index contributed by atoms with van der Waals surface area (Å²) in [7, 11) is 0. The van der Waals surface area contributed by atoms with Gasteiger partial charge in [-0.25, -0.2) is 9.78 Å². The monoisotopic (exact) mass is 322 g/mol. The molecule has 0 bridgehead atoms. The van der Waals surface area contributed by atoms with Crippen LogP contribution in [0.3, 0.4) is 0 Å². The average molecular weight is 322 g/mol. The Morgan fingerprint density at radius 2 is 2.27 bits per heavy atom. The average Bonchev–Trinajstić information content (AvgIpc) is 2.53. The molecule has 22 heavy (non-hydrogen) atoms. The number of amides is 3. The molecule has 1 saturated heterocycles. The topological polar surface area (TPSA) is 88.3 Å². The van der Waals surface area contributed by atoms with Crippen LogP contribution in [-0.2, 0) is 0 Å². The van der Waals surface area contributed by atoms with Crippen molar-refractivity contribution in [3.8, 4) is 0 Å². The third-order valence-corrected chi connectivity index (χ3v) is 4.50. The third kappa shape index (κ3) is 4.37. The van der Waals surface area contributed by atoms with Gasteiger partial charge in [0.1, 0.15) is 0 Å². The summed E-state index contributed by atoms with van der Waals surface area (Å²) in [5, 5.41) is 3.52. The molecule has 7 heteroatoms. The van der Waals surface area contributed by atoms with E-state index >= 15 is 0 Å². The molecular weight excluding hydrogens is 300 g/mol. The minimum Gasteiger partial charge on any atom is -0.352 e. The number of hydrogen-bond donors (Lipinski definition) is 2. The molecule has 0 aromatic carbocycles. The predicted octanol–water partition coefficient (Wildman–Crippen LogP) is 1.86. The van der Waals surface area contributed by atoms with Crippen LogP contribution in [0.15, 0.2) is 23.4 Å². The van der Waals surface area contributed by atoms with Gasteiger partial charge < -0.3 is 16.0 Å². The number of likely N-dealkylation sites (tertiary alicyclic amines) is 1. The van der Waals surface area contributed by atoms with Crippen molar-refractivity contribution in [3.05, 3.63) is 23.9 Å². The van der Waals surface area contributed by atoms with Crippen molar-refractivity contribution in [1.29, 1.82) is 0 Å². The van der Waals surface area contributed by atoms with Crippen molar-refractivity contribution in [2.24, 2.45) is 5.73 Å². The maximum Gasteiger partial charge on any atom is 0.312 e. The summed E-state index contributed by atoms with van der Waals surface area (Å²) in [5.41, 5.74) is 5.71. The van der Waals surface area contributed by atoms with E-state index in [1.807, 2.05) is 17.0 Å². The molecule has 0 spiro atoms. The van der Waals surface area contributed by atoms with Gasteiger partial charge in [0, 0.05) is 25.3 Å². The highest BCUT2D eigenvalue weighted by atomic mass is 32.2. The van der Waals surface area contributed by atoms with E-state index in [2.05, 4.69) is 17.2 Å². The van der Waals surface area contributed by atoms with Crippen molar-refractivity contribution in [2.75, 3.05) is 18.8 Å². The number of carbonyl (C=O) groups is 2. The highest BCUT2D eigenvalue weighted by Crippen LogP contribution is 2.20. The van der Waals surface area contributed by atoms with Crippen LogP contribution in [0.4, 0.5) is 4.79 Å². The van der Waals surface area contributed by atoms with Gasteiger partial charge in [0.25, 0.3) is 5.91 Å². The van der Waals surface area contributed by atoms with Crippen LogP contribution >= 0.6 is 11.8 Å². The number of piperidine rings is 1. The van der Waals surface area contributed by atoms with Gasteiger partial charge in [-0.15, -0.1) is 11.8 Å². The third-order valence-electron chi connectivity index (χ3n) is 3.68. The fourth-order valence-corrected chi connectivity index (χ4v) is 3.19. The first-order valence-electron chi connectivity index (χ1n) is 7.55. The van der Waals surface area contributed by atoms with E-state index in [4.69, 9.17) is 5.73 Å². The molecule has 0 radical (unpaired) electrons. The molecule has 1 fully saturated rings. The summed E-state index contributed by atoms with van der Waals surface area (Å²) < 4.78 is 0. The fourth-order valence-electron chi connectivity index (χ4n) is 2.60. The van der Waals surface area contributed by atoms with Crippen LogP contribution in [0.25, 0.3) is 0 Å². The Kier molecular flexibility index (Phi) is 6.06. The lowest BCUT2D eigenvalue weighted by molar-refractivity contribution is 0.0614. The number of thioether (sulfide) groups is 1. The SMILES string of the molecule is CCSc1ccc(C(=O)N2CCCCC2CNC(N)=O)cn1. The molecule has 6 nitrogen and oxygen atoms in total. The second kappa shape index (κ2) is 8.03. The largest absolute Gasteiger partial charge is 0.352 e. The van der Waals surface area contributed by atoms with Crippen molar-refractivity contribution >= 4 is 23.7 Å². The van der Waals surface area contributed by atoms with Crippen LogP contribution in [0.5, 0.6) is 0 Å². The number of aromatic nitrogens is 1. The van der Waals surface area contributed by atoms with Gasteiger partial charge in [-0.3, -0.25) is 4.79 Å². The number of carbonyl (C=O) groups excluding carboxylic acids is 2. The van der Waals surface area contributed by atoms with Crippen molar-refractivity contribution < 1.29 is 9.59 Å². The Morgan fingerprint density at radius 3 is 2.91 bits per heavy atom. The maximum absolute atomic E-state index is 12.7. The number of nitrogens with one attached hydrogen (secondary N) is 1. The van der Waals surface area contributed by atoms with Crippen LogP contribution in [0.2, 0.25) is 0 Å². The standard InChI is InChI=1S/C15H22N4O2S/c1-2-22-13-7-6-11(9-17-13)14(20)19-8-4-3-5-12(19)10-18-15(16)21/h6-7,9,12H,2-5,8,10H2,1H3,(H3,16,18,21). The zero-order chi connectivity index (χ0) is 15.9. The Morgan fingerprint density at radius 1 is 1.45 bits per heavy atom. The van der Waals surface area contributed by atoms with Gasteiger partial charge in [-0.2, -0.15) is 0 Å². The number of pyridine rings is 1. The highest BCUT2D eigenvalue weighted by Gasteiger charge is 2.27. The van der Waals surface area contributed by atoms with Crippen molar-refractivity contribution in [3.63, 3.8) is 0 Å². The molecule has 0 aliphatic carbocycles. The summed E-state index contributed by atoms with van der Waals surface area (Å²) in [6.07, 6.45) is 4.55. The Bertz CT molecular complexity index is 521. The van der Waals surface area contributed by atoms with E-state index in [-0.39, 0.29) is 11.9 Å². The smallest absolute Gasteiger partial charge is 0.312 e. The molecule has 1 aliphatic rings. The first kappa shape index (κ1) is 16.6. The summed E-state index contributed by atoms with van der Waals surface area (Å²) in [6, 6.07) is 3.14. The zero-order valence-electron chi connectivity index (χ0n) is 12.7. The Balaban J connectivity index is 2.05. The van der Waals surface area contributed by atoms with Crippen LogP contribution in [-0.4, -0.2) is 46.7 Å². The van der Waals surface area contributed by atoms with Gasteiger partial charge in [-0.1, -0.05) is 6.92 Å². The Labute approximate surface area is 134 Å². The number of urea groups is 1. The molecule has 2 heterocycles. The molecule has 1 aromatic rings. The fraction of sp³-hybridized carbons (Fsp3) is 0.533. The number of nitrogens with two attached hydrogens (primary N) is 1. The number of primary amides is 1. The first-order chi connectivity index (χ1) is 10.6. The van der Waals surface area contributed by atoms with Crippen LogP contribution < -0.4 is 11.1 Å². The zero-order valence-corrected chi connectivity index (χ0v) is 13.6. The molecule has 2 rings (SSSR count). The summed E-state index contributed by atoms with van der Waals surface area (Å²) >= 11 is 1.65. The van der Waals surface area contributed by atoms with Crippen LogP contribution in [0, 0.1) is 0 Å². The number of rotatable bonds is 5. The minimum absolute atomic E-state index is 0.00144. The summed E-state index contributed by atoms with van der Waals surface area (Å²) in [4.78, 5) is 29.7. The van der Waals surface area contributed by atoms with Crippen molar-refractivity contribution in [2.45, 2.75) is 37.3 Å². The quantitative estimate of drug-likeness (QED) is 0.810. The lowest BCUT2D eigenvalue weighted by Crippen LogP contribution is -2.50. The van der Waals surface area contributed by atoms with Gasteiger partial charge >= 0.3 is 6.03 Å². The van der Waals surface area contributed by atoms with Crippen molar-refractivity contribution in [1.82, 2.24) is 15.2 Å². The lowest BCUT2D eigenvalue weighted by Gasteiger charge is -2.35. The summed E-state index contributed by atoms with van der Waals surface area (Å²) in [5.74, 6) is 0.921. The van der Waals surface area contributed by atoms with Gasteiger partial charge in [0.05, 0.1) is 10.6 Å². The van der Waals surface area contributed by atoms with E-state index in [1.165, 1.54) is 0 Å². The molecule has 0 saturated carbocycles. The number of hydrogen-bond acceptors (Lipinski definition) is 4. The minimum atomic E-state index is -0.555. The molecular formula is C15H22N4O2S. The highest BCUT2D eigenvalue weighted by molar-refractivity contribution is 7.99. The van der Waals surface area contributed by atoms with Gasteiger partial charge in [0.2, 0.25) is 0 Å². The molecule has 1 aliphatic heterocycles. The van der Waals surface area contributed by atoms with E-state index < -0.39 is 6.03 Å². The second-order valence-electron chi connectivity index (χ2n) is 5.21. The molecule has 1 aromatic heterocycles. The maximum atomic E-state index is 12.7.